The van der Waals surface area contributed by atoms with E-state index >= 15 is 0 Å². The lowest BCUT2D eigenvalue weighted by Crippen LogP contribution is -2.46. The van der Waals surface area contributed by atoms with Gasteiger partial charge in [0.15, 0.2) is 0 Å². The number of amides is 2. The molecule has 2 fully saturated rings. The van der Waals surface area contributed by atoms with Crippen LogP contribution in [0.25, 0.3) is 0 Å². The summed E-state index contributed by atoms with van der Waals surface area (Å²) in [4.78, 5) is 32.4. The zero-order valence-corrected chi connectivity index (χ0v) is 17.5. The molecule has 152 valence electrons. The van der Waals surface area contributed by atoms with E-state index in [0.29, 0.717) is 6.54 Å². The highest BCUT2D eigenvalue weighted by Gasteiger charge is 2.35. The molecule has 0 N–H and O–H groups in total. The van der Waals surface area contributed by atoms with Crippen molar-refractivity contribution in [1.29, 1.82) is 0 Å². The first-order valence-electron chi connectivity index (χ1n) is 10.8. The fourth-order valence-electron chi connectivity index (χ4n) is 4.90. The van der Waals surface area contributed by atoms with Crippen molar-refractivity contribution in [2.45, 2.75) is 65.6 Å². The van der Waals surface area contributed by atoms with Gasteiger partial charge in [0.1, 0.15) is 0 Å². The summed E-state index contributed by atoms with van der Waals surface area (Å²) < 4.78 is 0. The normalized spacial score (nSPS) is 23.2. The Balaban J connectivity index is 1.49. The number of hydrogen-bond acceptors (Lipinski definition) is 3. The minimum atomic E-state index is -0.353. The second-order valence-corrected chi connectivity index (χ2v) is 9.57. The van der Waals surface area contributed by atoms with Gasteiger partial charge in [0, 0.05) is 43.7 Å². The highest BCUT2D eigenvalue weighted by atomic mass is 16.2. The quantitative estimate of drug-likeness (QED) is 0.787. The Morgan fingerprint density at radius 3 is 2.43 bits per heavy atom. The summed E-state index contributed by atoms with van der Waals surface area (Å²) in [6.45, 7) is 10.4. The number of hydrogen-bond donors (Lipinski definition) is 0. The zero-order chi connectivity index (χ0) is 19.9. The molecule has 0 aliphatic carbocycles. The van der Waals surface area contributed by atoms with E-state index in [9.17, 15) is 9.59 Å². The standard InChI is InChI=1S/C23H33N3O2/c1-23(2,3)22(28)25-14-10-17-15-18(8-9-19(17)16-25)21(27)26-13-6-7-20(26)24-11-4-5-12-24/h8-9,15,20H,4-7,10-14,16H2,1-3H3. The minimum absolute atomic E-state index is 0.172. The molecule has 3 heterocycles. The van der Waals surface area contributed by atoms with Crippen molar-refractivity contribution >= 4 is 11.8 Å². The van der Waals surface area contributed by atoms with Crippen molar-refractivity contribution in [2.24, 2.45) is 5.41 Å². The van der Waals surface area contributed by atoms with Crippen molar-refractivity contribution in [3.63, 3.8) is 0 Å². The van der Waals surface area contributed by atoms with Crippen LogP contribution in [-0.4, -0.2) is 58.9 Å². The average Bonchev–Trinajstić information content (AvgIpc) is 3.36. The number of carbonyl (C=O) groups excluding carboxylic acids is 2. The molecular weight excluding hydrogens is 350 g/mol. The fourth-order valence-corrected chi connectivity index (χ4v) is 4.90. The molecule has 0 spiro atoms. The highest BCUT2D eigenvalue weighted by molar-refractivity contribution is 5.95. The topological polar surface area (TPSA) is 43.9 Å². The number of rotatable bonds is 2. The Morgan fingerprint density at radius 2 is 1.71 bits per heavy atom. The Hall–Kier alpha value is -1.88. The molecule has 2 amide bonds. The van der Waals surface area contributed by atoms with E-state index in [1.807, 2.05) is 31.7 Å². The van der Waals surface area contributed by atoms with Gasteiger partial charge in [0.05, 0.1) is 6.17 Å². The second kappa shape index (κ2) is 7.51. The SMILES string of the molecule is CC(C)(C)C(=O)N1CCc2cc(C(=O)N3CCCC3N3CCCC3)ccc2C1. The Morgan fingerprint density at radius 1 is 0.964 bits per heavy atom. The average molecular weight is 384 g/mol. The number of nitrogens with zero attached hydrogens (tertiary/aromatic N) is 3. The fraction of sp³-hybridized carbons (Fsp3) is 0.652. The van der Waals surface area contributed by atoms with Crippen LogP contribution in [0.3, 0.4) is 0 Å². The van der Waals surface area contributed by atoms with Gasteiger partial charge in [-0.2, -0.15) is 0 Å². The zero-order valence-electron chi connectivity index (χ0n) is 17.5. The number of benzene rings is 1. The van der Waals surface area contributed by atoms with Crippen LogP contribution in [0.15, 0.2) is 18.2 Å². The smallest absolute Gasteiger partial charge is 0.255 e. The molecule has 4 rings (SSSR count). The van der Waals surface area contributed by atoms with Crippen LogP contribution in [0.4, 0.5) is 0 Å². The lowest BCUT2D eigenvalue weighted by atomic mass is 9.91. The van der Waals surface area contributed by atoms with Gasteiger partial charge in [-0.15, -0.1) is 0 Å². The molecule has 28 heavy (non-hydrogen) atoms. The van der Waals surface area contributed by atoms with Gasteiger partial charge in [-0.05, 0) is 55.4 Å². The molecule has 1 unspecified atom stereocenters. The van der Waals surface area contributed by atoms with E-state index in [1.165, 1.54) is 24.0 Å². The second-order valence-electron chi connectivity index (χ2n) is 9.57. The predicted molar refractivity (Wildman–Crippen MR) is 110 cm³/mol. The largest absolute Gasteiger partial charge is 0.338 e. The van der Waals surface area contributed by atoms with Crippen molar-refractivity contribution in [3.8, 4) is 0 Å². The van der Waals surface area contributed by atoms with E-state index in [2.05, 4.69) is 21.9 Å². The molecule has 3 aliphatic rings. The molecule has 5 nitrogen and oxygen atoms in total. The lowest BCUT2D eigenvalue weighted by Gasteiger charge is -2.34. The van der Waals surface area contributed by atoms with Crippen LogP contribution < -0.4 is 0 Å². The molecule has 1 aromatic carbocycles. The summed E-state index contributed by atoms with van der Waals surface area (Å²) in [6.07, 6.45) is 5.81. The minimum Gasteiger partial charge on any atom is -0.338 e. The van der Waals surface area contributed by atoms with E-state index in [4.69, 9.17) is 0 Å². The van der Waals surface area contributed by atoms with E-state index < -0.39 is 0 Å². The summed E-state index contributed by atoms with van der Waals surface area (Å²) in [7, 11) is 0. The van der Waals surface area contributed by atoms with Crippen molar-refractivity contribution in [2.75, 3.05) is 26.2 Å². The summed E-state index contributed by atoms with van der Waals surface area (Å²) in [5, 5.41) is 0. The monoisotopic (exact) mass is 383 g/mol. The molecule has 3 aliphatic heterocycles. The molecular formula is C23H33N3O2. The summed E-state index contributed by atoms with van der Waals surface area (Å²) in [5.74, 6) is 0.370. The molecule has 0 radical (unpaired) electrons. The van der Waals surface area contributed by atoms with Gasteiger partial charge in [-0.3, -0.25) is 14.5 Å². The Labute approximate surface area is 168 Å². The first-order chi connectivity index (χ1) is 13.3. The number of carbonyl (C=O) groups is 2. The Kier molecular flexibility index (Phi) is 5.21. The van der Waals surface area contributed by atoms with Crippen molar-refractivity contribution in [1.82, 2.24) is 14.7 Å². The van der Waals surface area contributed by atoms with E-state index in [-0.39, 0.29) is 23.4 Å². The highest BCUT2D eigenvalue weighted by Crippen LogP contribution is 2.29. The van der Waals surface area contributed by atoms with E-state index in [0.717, 1.165) is 51.0 Å². The molecule has 1 aromatic rings. The van der Waals surface area contributed by atoms with Crippen LogP contribution in [0.5, 0.6) is 0 Å². The van der Waals surface area contributed by atoms with Crippen molar-refractivity contribution < 1.29 is 9.59 Å². The first kappa shape index (κ1) is 19.4. The van der Waals surface area contributed by atoms with Gasteiger partial charge in [-0.25, -0.2) is 0 Å². The summed E-state index contributed by atoms with van der Waals surface area (Å²) in [6, 6.07) is 6.10. The first-order valence-corrected chi connectivity index (χ1v) is 10.8. The van der Waals surface area contributed by atoms with E-state index in [1.54, 1.807) is 0 Å². The lowest BCUT2D eigenvalue weighted by molar-refractivity contribution is -0.140. The van der Waals surface area contributed by atoms with Gasteiger partial charge in [-0.1, -0.05) is 26.8 Å². The molecule has 0 saturated carbocycles. The van der Waals surface area contributed by atoms with Crippen molar-refractivity contribution in [3.05, 3.63) is 34.9 Å². The van der Waals surface area contributed by atoms with Gasteiger partial charge >= 0.3 is 0 Å². The molecule has 1 atom stereocenters. The molecule has 0 aromatic heterocycles. The third-order valence-electron chi connectivity index (χ3n) is 6.44. The third kappa shape index (κ3) is 3.69. The van der Waals surface area contributed by atoms with Gasteiger partial charge in [0.25, 0.3) is 5.91 Å². The number of likely N-dealkylation sites (tertiary alicyclic amines) is 2. The molecule has 0 bridgehead atoms. The van der Waals surface area contributed by atoms with Gasteiger partial charge in [0.2, 0.25) is 5.91 Å². The summed E-state index contributed by atoms with van der Waals surface area (Å²) in [5.41, 5.74) is 2.85. The van der Waals surface area contributed by atoms with Crippen LogP contribution in [0, 0.1) is 5.41 Å². The van der Waals surface area contributed by atoms with Crippen LogP contribution >= 0.6 is 0 Å². The maximum atomic E-state index is 13.2. The van der Waals surface area contributed by atoms with Crippen LogP contribution in [0.2, 0.25) is 0 Å². The number of fused-ring (bicyclic) bond motifs is 1. The molecule has 2 saturated heterocycles. The van der Waals surface area contributed by atoms with Crippen LogP contribution in [-0.2, 0) is 17.8 Å². The maximum absolute atomic E-state index is 13.2. The molecule has 5 heteroatoms. The van der Waals surface area contributed by atoms with Crippen LogP contribution in [0.1, 0.15) is 67.9 Å². The van der Waals surface area contributed by atoms with Gasteiger partial charge < -0.3 is 9.80 Å². The Bertz CT molecular complexity index is 762. The predicted octanol–water partition coefficient (Wildman–Crippen LogP) is 3.28. The third-order valence-corrected chi connectivity index (χ3v) is 6.44. The summed E-state index contributed by atoms with van der Waals surface area (Å²) >= 11 is 0. The maximum Gasteiger partial charge on any atom is 0.255 e.